The molecule has 1 atom stereocenters. The Kier molecular flexibility index (Phi) is 7.44. The van der Waals surface area contributed by atoms with Gasteiger partial charge in [-0.15, -0.1) is 0 Å². The van der Waals surface area contributed by atoms with Crippen molar-refractivity contribution in [2.75, 3.05) is 50.7 Å². The van der Waals surface area contributed by atoms with Crippen LogP contribution in [0.1, 0.15) is 82.7 Å². The Morgan fingerprint density at radius 2 is 1.77 bits per heavy atom. The van der Waals surface area contributed by atoms with Gasteiger partial charge in [0.25, 0.3) is 0 Å². The van der Waals surface area contributed by atoms with Gasteiger partial charge in [0, 0.05) is 74.1 Å². The van der Waals surface area contributed by atoms with E-state index in [4.69, 9.17) is 9.84 Å². The third-order valence-corrected chi connectivity index (χ3v) is 11.6. The van der Waals surface area contributed by atoms with Crippen LogP contribution in [0.15, 0.2) is 24.5 Å². The molecule has 1 N–H and O–H groups in total. The standard InChI is InChI=1S/C35H48N6O3/c1-24-5-8-30-31(41(24)34(43)25-6-7-25)10-9-29(33(30)44-28-3-2-4-28)26-19-37-40(20-26)27-11-15-38(16-12-27)21-32(42)39-17-13-35(14-18-39)22-36-23-35/h9-10,19-20,24-25,27-28,36H,2-8,11-18,21-23H2,1H3/t24-/m0/s1. The number of aromatic nitrogens is 2. The number of carbonyl (C=O) groups is 2. The summed E-state index contributed by atoms with van der Waals surface area (Å²) in [6, 6.07) is 4.88. The second kappa shape index (κ2) is 11.5. The Balaban J connectivity index is 0.947. The normalized spacial score (nSPS) is 25.8. The predicted octanol–water partition coefficient (Wildman–Crippen LogP) is 4.41. The third-order valence-electron chi connectivity index (χ3n) is 11.6. The molecule has 2 amide bonds. The summed E-state index contributed by atoms with van der Waals surface area (Å²) in [5.74, 6) is 1.75. The average Bonchev–Trinajstić information content (AvgIpc) is 3.74. The molecule has 0 bridgehead atoms. The zero-order valence-corrected chi connectivity index (χ0v) is 26.3. The van der Waals surface area contributed by atoms with Gasteiger partial charge in [0.05, 0.1) is 30.6 Å². The van der Waals surface area contributed by atoms with Crippen LogP contribution in [0, 0.1) is 11.3 Å². The minimum atomic E-state index is 0.198. The highest BCUT2D eigenvalue weighted by molar-refractivity contribution is 5.99. The molecular formula is C35H48N6O3. The number of nitrogens with zero attached hydrogens (tertiary/aromatic N) is 5. The van der Waals surface area contributed by atoms with E-state index in [1.54, 1.807) is 0 Å². The van der Waals surface area contributed by atoms with Crippen molar-refractivity contribution >= 4 is 17.5 Å². The Morgan fingerprint density at radius 1 is 1.00 bits per heavy atom. The number of rotatable bonds is 7. The summed E-state index contributed by atoms with van der Waals surface area (Å²) >= 11 is 0. The van der Waals surface area contributed by atoms with E-state index in [9.17, 15) is 9.59 Å². The lowest BCUT2D eigenvalue weighted by Gasteiger charge is -2.48. The van der Waals surface area contributed by atoms with Crippen LogP contribution < -0.4 is 15.0 Å². The van der Waals surface area contributed by atoms with Crippen LogP contribution in [0.2, 0.25) is 0 Å². The van der Waals surface area contributed by atoms with E-state index < -0.39 is 0 Å². The summed E-state index contributed by atoms with van der Waals surface area (Å²) in [5, 5.41) is 8.26. The molecule has 1 aromatic carbocycles. The van der Waals surface area contributed by atoms with Crippen LogP contribution in [-0.2, 0) is 16.0 Å². The van der Waals surface area contributed by atoms with Crippen molar-refractivity contribution in [3.05, 3.63) is 30.1 Å². The highest BCUT2D eigenvalue weighted by atomic mass is 16.5. The van der Waals surface area contributed by atoms with Gasteiger partial charge in [0.15, 0.2) is 0 Å². The molecule has 0 radical (unpaired) electrons. The number of anilines is 1. The van der Waals surface area contributed by atoms with E-state index in [1.807, 2.05) is 6.20 Å². The van der Waals surface area contributed by atoms with Gasteiger partial charge in [0.2, 0.25) is 11.8 Å². The Hall–Kier alpha value is -2.91. The highest BCUT2D eigenvalue weighted by Gasteiger charge is 2.41. The number of amides is 2. The minimum absolute atomic E-state index is 0.198. The van der Waals surface area contributed by atoms with Crippen molar-refractivity contribution in [2.45, 2.75) is 95.7 Å². The maximum absolute atomic E-state index is 13.3. The van der Waals surface area contributed by atoms with Crippen molar-refractivity contribution in [3.63, 3.8) is 0 Å². The number of carbonyl (C=O) groups excluding carboxylic acids is 2. The van der Waals surface area contributed by atoms with Gasteiger partial charge in [-0.3, -0.25) is 19.2 Å². The van der Waals surface area contributed by atoms with Gasteiger partial charge < -0.3 is 19.9 Å². The first-order valence-electron chi connectivity index (χ1n) is 17.4. The van der Waals surface area contributed by atoms with Gasteiger partial charge in [-0.25, -0.2) is 0 Å². The van der Waals surface area contributed by atoms with Gasteiger partial charge in [0.1, 0.15) is 5.75 Å². The van der Waals surface area contributed by atoms with Crippen LogP contribution in [0.3, 0.4) is 0 Å². The molecule has 44 heavy (non-hydrogen) atoms. The lowest BCUT2D eigenvalue weighted by Crippen LogP contribution is -2.59. The number of hydrogen-bond donors (Lipinski definition) is 1. The summed E-state index contributed by atoms with van der Waals surface area (Å²) in [6.45, 7) is 8.64. The zero-order valence-electron chi connectivity index (χ0n) is 26.3. The maximum atomic E-state index is 13.3. The SMILES string of the molecule is C[C@H]1CCc2c(ccc(-c3cnn(C4CCN(CC(=O)N5CCC6(CC5)CNC6)CC4)c3)c2OC2CCC2)N1C(=O)C1CC1. The van der Waals surface area contributed by atoms with Crippen molar-refractivity contribution in [1.29, 1.82) is 0 Å². The number of ether oxygens (including phenoxy) is 1. The van der Waals surface area contributed by atoms with E-state index >= 15 is 0 Å². The monoisotopic (exact) mass is 600 g/mol. The van der Waals surface area contributed by atoms with Crippen LogP contribution in [0.4, 0.5) is 5.69 Å². The molecule has 9 heteroatoms. The Bertz CT molecular complexity index is 1390. The summed E-state index contributed by atoms with van der Waals surface area (Å²) in [6.07, 6.45) is 16.1. The maximum Gasteiger partial charge on any atom is 0.236 e. The lowest BCUT2D eigenvalue weighted by molar-refractivity contribution is -0.135. The smallest absolute Gasteiger partial charge is 0.236 e. The fourth-order valence-electron chi connectivity index (χ4n) is 8.06. The molecule has 236 valence electrons. The second-order valence-corrected chi connectivity index (χ2v) is 14.7. The van der Waals surface area contributed by atoms with Gasteiger partial charge in [-0.2, -0.15) is 5.10 Å². The molecule has 1 aromatic heterocycles. The highest BCUT2D eigenvalue weighted by Crippen LogP contribution is 2.46. The molecule has 2 saturated carbocycles. The molecule has 2 aromatic rings. The Morgan fingerprint density at radius 3 is 2.43 bits per heavy atom. The van der Waals surface area contributed by atoms with E-state index in [0.717, 1.165) is 126 Å². The first kappa shape index (κ1) is 28.6. The molecule has 6 aliphatic rings. The van der Waals surface area contributed by atoms with Crippen LogP contribution in [0.5, 0.6) is 5.75 Å². The summed E-state index contributed by atoms with van der Waals surface area (Å²) in [5.41, 5.74) is 4.90. The number of fused-ring (bicyclic) bond motifs is 1. The van der Waals surface area contributed by atoms with Gasteiger partial charge in [-0.1, -0.05) is 0 Å². The third kappa shape index (κ3) is 5.34. The lowest BCUT2D eigenvalue weighted by atomic mass is 9.73. The molecule has 8 rings (SSSR count). The van der Waals surface area contributed by atoms with Gasteiger partial charge in [-0.05, 0) is 95.1 Å². The fourth-order valence-corrected chi connectivity index (χ4v) is 8.06. The Labute approximate surface area is 261 Å². The molecule has 2 aliphatic carbocycles. The van der Waals surface area contributed by atoms with Crippen LogP contribution in [0.25, 0.3) is 11.1 Å². The van der Waals surface area contributed by atoms with E-state index in [-0.39, 0.29) is 24.0 Å². The number of nitrogens with one attached hydrogen (secondary N) is 1. The van der Waals surface area contributed by atoms with E-state index in [0.29, 0.717) is 23.9 Å². The van der Waals surface area contributed by atoms with Gasteiger partial charge >= 0.3 is 0 Å². The first-order chi connectivity index (χ1) is 21.5. The number of likely N-dealkylation sites (tertiary alicyclic amines) is 2. The topological polar surface area (TPSA) is 82.9 Å². The number of piperidine rings is 2. The minimum Gasteiger partial charge on any atom is -0.489 e. The van der Waals surface area contributed by atoms with Crippen molar-refractivity contribution in [1.82, 2.24) is 24.9 Å². The molecular weight excluding hydrogens is 552 g/mol. The molecule has 4 aliphatic heterocycles. The summed E-state index contributed by atoms with van der Waals surface area (Å²) in [4.78, 5) is 32.9. The van der Waals surface area contributed by atoms with Crippen molar-refractivity contribution in [3.8, 4) is 16.9 Å². The summed E-state index contributed by atoms with van der Waals surface area (Å²) < 4.78 is 8.87. The number of hydrogen-bond acceptors (Lipinski definition) is 6. The molecule has 9 nitrogen and oxygen atoms in total. The van der Waals surface area contributed by atoms with Crippen molar-refractivity contribution in [2.24, 2.45) is 11.3 Å². The van der Waals surface area contributed by atoms with Crippen molar-refractivity contribution < 1.29 is 14.3 Å². The fraction of sp³-hybridized carbons (Fsp3) is 0.686. The van der Waals surface area contributed by atoms with E-state index in [1.165, 1.54) is 12.0 Å². The summed E-state index contributed by atoms with van der Waals surface area (Å²) in [7, 11) is 0. The average molecular weight is 601 g/mol. The number of benzene rings is 1. The van der Waals surface area contributed by atoms with Crippen LogP contribution in [-0.4, -0.2) is 89.4 Å². The van der Waals surface area contributed by atoms with E-state index in [2.05, 4.69) is 50.0 Å². The molecule has 3 saturated heterocycles. The molecule has 0 unspecified atom stereocenters. The van der Waals surface area contributed by atoms with Crippen LogP contribution >= 0.6 is 0 Å². The largest absolute Gasteiger partial charge is 0.489 e. The second-order valence-electron chi connectivity index (χ2n) is 14.7. The molecule has 5 heterocycles. The molecule has 5 fully saturated rings. The zero-order chi connectivity index (χ0) is 29.8. The predicted molar refractivity (Wildman–Crippen MR) is 170 cm³/mol. The molecule has 1 spiro atoms. The first-order valence-corrected chi connectivity index (χ1v) is 17.4. The quantitative estimate of drug-likeness (QED) is 0.507.